The Bertz CT molecular complexity index is 448. The van der Waals surface area contributed by atoms with E-state index in [4.69, 9.17) is 10.5 Å². The third-order valence-corrected chi connectivity index (χ3v) is 3.74. The van der Waals surface area contributed by atoms with Crippen LogP contribution < -0.4 is 10.5 Å². The van der Waals surface area contributed by atoms with Crippen molar-refractivity contribution in [2.45, 2.75) is 25.8 Å². The number of methoxy groups -OCH3 is 1. The Kier molecular flexibility index (Phi) is 4.43. The monoisotopic (exact) mass is 262 g/mol. The van der Waals surface area contributed by atoms with E-state index in [1.165, 1.54) is 0 Å². The molecule has 0 saturated carbocycles. The summed E-state index contributed by atoms with van der Waals surface area (Å²) in [5.74, 6) is 1.15. The lowest BCUT2D eigenvalue weighted by molar-refractivity contribution is -0.138. The van der Waals surface area contributed by atoms with Crippen LogP contribution in [0, 0.1) is 5.92 Å². The van der Waals surface area contributed by atoms with Gasteiger partial charge in [0.25, 0.3) is 0 Å². The predicted octanol–water partition coefficient (Wildman–Crippen LogP) is 1.95. The molecule has 1 saturated heterocycles. The lowest BCUT2D eigenvalue weighted by Crippen LogP contribution is -2.43. The van der Waals surface area contributed by atoms with Crippen molar-refractivity contribution in [2.75, 3.05) is 20.2 Å². The topological polar surface area (TPSA) is 55.6 Å². The molecule has 1 aromatic rings. The number of piperidine rings is 1. The van der Waals surface area contributed by atoms with Gasteiger partial charge in [0.15, 0.2) is 0 Å². The summed E-state index contributed by atoms with van der Waals surface area (Å²) in [6.45, 7) is 3.39. The number of nitrogens with two attached hydrogens (primary N) is 1. The number of carbonyl (C=O) groups is 1. The highest BCUT2D eigenvalue weighted by atomic mass is 16.5. The number of hydrogen-bond acceptors (Lipinski definition) is 3. The number of nitrogens with zero attached hydrogens (tertiary/aromatic N) is 1. The van der Waals surface area contributed by atoms with Crippen molar-refractivity contribution < 1.29 is 9.53 Å². The average Bonchev–Trinajstić information content (AvgIpc) is 2.44. The van der Waals surface area contributed by atoms with E-state index in [1.807, 2.05) is 36.1 Å². The maximum Gasteiger partial charge on any atom is 0.225 e. The number of likely N-dealkylation sites (tertiary alicyclic amines) is 1. The van der Waals surface area contributed by atoms with Crippen LogP contribution in [0.5, 0.6) is 5.75 Å². The Morgan fingerprint density at radius 2 is 2.32 bits per heavy atom. The molecule has 19 heavy (non-hydrogen) atoms. The molecule has 2 unspecified atom stereocenters. The van der Waals surface area contributed by atoms with Crippen LogP contribution in [0.25, 0.3) is 0 Å². The van der Waals surface area contributed by atoms with Crippen LogP contribution >= 0.6 is 0 Å². The predicted molar refractivity (Wildman–Crippen MR) is 74.9 cm³/mol. The first-order chi connectivity index (χ1) is 9.11. The van der Waals surface area contributed by atoms with Gasteiger partial charge in [-0.25, -0.2) is 0 Å². The molecule has 0 spiro atoms. The molecule has 0 aromatic heterocycles. The highest BCUT2D eigenvalue weighted by molar-refractivity contribution is 5.79. The smallest absolute Gasteiger partial charge is 0.225 e. The Balaban J connectivity index is 2.03. The maximum atomic E-state index is 12.1. The molecular formula is C15H22N2O2. The fourth-order valence-electron chi connectivity index (χ4n) is 2.53. The zero-order valence-corrected chi connectivity index (χ0v) is 11.6. The van der Waals surface area contributed by atoms with E-state index >= 15 is 0 Å². The molecule has 104 valence electrons. The standard InChI is InChI=1S/C15H22N2O2/c1-11-5-4-8-17(15(11)18)10-14(16)12-6-3-7-13(9-12)19-2/h3,6-7,9,11,14H,4-5,8,10,16H2,1-2H3. The Morgan fingerprint density at radius 1 is 1.53 bits per heavy atom. The Morgan fingerprint density at radius 3 is 3.05 bits per heavy atom. The van der Waals surface area contributed by atoms with E-state index in [-0.39, 0.29) is 17.9 Å². The maximum absolute atomic E-state index is 12.1. The largest absolute Gasteiger partial charge is 0.497 e. The summed E-state index contributed by atoms with van der Waals surface area (Å²) >= 11 is 0. The third-order valence-electron chi connectivity index (χ3n) is 3.74. The van der Waals surface area contributed by atoms with Gasteiger partial charge in [-0.3, -0.25) is 4.79 Å². The van der Waals surface area contributed by atoms with Crippen molar-refractivity contribution in [3.8, 4) is 5.75 Å². The van der Waals surface area contributed by atoms with E-state index in [0.29, 0.717) is 6.54 Å². The molecule has 0 aliphatic carbocycles. The summed E-state index contributed by atoms with van der Waals surface area (Å²) in [4.78, 5) is 13.9. The van der Waals surface area contributed by atoms with Crippen LogP contribution in [-0.4, -0.2) is 31.0 Å². The zero-order valence-electron chi connectivity index (χ0n) is 11.6. The molecule has 1 fully saturated rings. The van der Waals surface area contributed by atoms with Crippen molar-refractivity contribution in [1.82, 2.24) is 4.90 Å². The molecule has 4 heteroatoms. The number of amides is 1. The molecule has 2 atom stereocenters. The Labute approximate surface area is 114 Å². The van der Waals surface area contributed by atoms with Gasteiger partial charge in [-0.2, -0.15) is 0 Å². The second-order valence-electron chi connectivity index (χ2n) is 5.21. The van der Waals surface area contributed by atoms with Gasteiger partial charge in [0.2, 0.25) is 5.91 Å². The molecule has 1 aliphatic heterocycles. The van der Waals surface area contributed by atoms with Gasteiger partial charge < -0.3 is 15.4 Å². The summed E-state index contributed by atoms with van der Waals surface area (Å²) in [5, 5.41) is 0. The highest BCUT2D eigenvalue weighted by Crippen LogP contribution is 2.22. The number of ether oxygens (including phenoxy) is 1. The first-order valence-electron chi connectivity index (χ1n) is 6.80. The molecule has 1 heterocycles. The van der Waals surface area contributed by atoms with Crippen LogP contribution in [0.4, 0.5) is 0 Å². The molecular weight excluding hydrogens is 240 g/mol. The fourth-order valence-corrected chi connectivity index (χ4v) is 2.53. The van der Waals surface area contributed by atoms with Gasteiger partial charge in [-0.1, -0.05) is 19.1 Å². The van der Waals surface area contributed by atoms with Crippen molar-refractivity contribution >= 4 is 5.91 Å². The van der Waals surface area contributed by atoms with E-state index in [1.54, 1.807) is 7.11 Å². The van der Waals surface area contributed by atoms with Gasteiger partial charge in [-0.05, 0) is 30.5 Å². The molecule has 1 amide bonds. The van der Waals surface area contributed by atoms with E-state index in [2.05, 4.69) is 0 Å². The van der Waals surface area contributed by atoms with Gasteiger partial charge >= 0.3 is 0 Å². The second-order valence-corrected chi connectivity index (χ2v) is 5.21. The molecule has 2 N–H and O–H groups in total. The SMILES string of the molecule is COc1cccc(C(N)CN2CCCC(C)C2=O)c1. The first-order valence-corrected chi connectivity index (χ1v) is 6.80. The minimum absolute atomic E-state index is 0.131. The average molecular weight is 262 g/mol. The van der Waals surface area contributed by atoms with E-state index in [0.717, 1.165) is 30.7 Å². The van der Waals surface area contributed by atoms with Crippen LogP contribution in [0.3, 0.4) is 0 Å². The van der Waals surface area contributed by atoms with Crippen molar-refractivity contribution in [3.05, 3.63) is 29.8 Å². The summed E-state index contributed by atoms with van der Waals surface area (Å²) < 4.78 is 5.20. The van der Waals surface area contributed by atoms with Crippen LogP contribution in [0.1, 0.15) is 31.4 Å². The zero-order chi connectivity index (χ0) is 13.8. The van der Waals surface area contributed by atoms with Gasteiger partial charge in [-0.15, -0.1) is 0 Å². The number of carbonyl (C=O) groups excluding carboxylic acids is 1. The van der Waals surface area contributed by atoms with Crippen molar-refractivity contribution in [2.24, 2.45) is 11.7 Å². The number of rotatable bonds is 4. The van der Waals surface area contributed by atoms with Gasteiger partial charge in [0, 0.05) is 25.0 Å². The quantitative estimate of drug-likeness (QED) is 0.902. The summed E-state index contributed by atoms with van der Waals surface area (Å²) in [5.41, 5.74) is 7.21. The van der Waals surface area contributed by atoms with Crippen molar-refractivity contribution in [3.63, 3.8) is 0 Å². The molecule has 2 rings (SSSR count). The molecule has 1 aromatic carbocycles. The molecule has 0 bridgehead atoms. The third kappa shape index (κ3) is 3.26. The van der Waals surface area contributed by atoms with Gasteiger partial charge in [0.1, 0.15) is 5.75 Å². The van der Waals surface area contributed by atoms with Crippen LogP contribution in [-0.2, 0) is 4.79 Å². The lowest BCUT2D eigenvalue weighted by Gasteiger charge is -2.32. The summed E-state index contributed by atoms with van der Waals surface area (Å²) in [6.07, 6.45) is 2.06. The molecule has 1 aliphatic rings. The number of hydrogen-bond donors (Lipinski definition) is 1. The van der Waals surface area contributed by atoms with Crippen LogP contribution in [0.2, 0.25) is 0 Å². The minimum atomic E-state index is -0.163. The summed E-state index contributed by atoms with van der Waals surface area (Å²) in [7, 11) is 1.64. The molecule has 4 nitrogen and oxygen atoms in total. The number of benzene rings is 1. The summed E-state index contributed by atoms with van der Waals surface area (Å²) in [6, 6.07) is 7.57. The molecule has 0 radical (unpaired) electrons. The highest BCUT2D eigenvalue weighted by Gasteiger charge is 2.26. The Hall–Kier alpha value is -1.55. The second kappa shape index (κ2) is 6.06. The normalized spacial score (nSPS) is 21.3. The van der Waals surface area contributed by atoms with Crippen LogP contribution in [0.15, 0.2) is 24.3 Å². The van der Waals surface area contributed by atoms with Gasteiger partial charge in [0.05, 0.1) is 7.11 Å². The first kappa shape index (κ1) is 13.9. The van der Waals surface area contributed by atoms with E-state index in [9.17, 15) is 4.79 Å². The van der Waals surface area contributed by atoms with Crippen molar-refractivity contribution in [1.29, 1.82) is 0 Å². The fraction of sp³-hybridized carbons (Fsp3) is 0.533. The minimum Gasteiger partial charge on any atom is -0.497 e. The lowest BCUT2D eigenvalue weighted by atomic mass is 9.98. The van der Waals surface area contributed by atoms with E-state index < -0.39 is 0 Å².